The normalized spacial score (nSPS) is 69.5. The minimum absolute atomic E-state index is 0.533. The Balaban J connectivity index is 1.02. The Bertz CT molecular complexity index is 2110. The second kappa shape index (κ2) is 6.59. The zero-order chi connectivity index (χ0) is 29.7. The van der Waals surface area contributed by atoms with Gasteiger partial charge in [0.25, 0.3) is 0 Å². The molecule has 0 radical (unpaired) electrons. The fourth-order valence-electron chi connectivity index (χ4n) is 23.2. The molecule has 2 heterocycles. The van der Waals surface area contributed by atoms with Crippen molar-refractivity contribution < 1.29 is 0 Å². The predicted molar refractivity (Wildman–Crippen MR) is 184 cm³/mol. The van der Waals surface area contributed by atoms with Crippen LogP contribution in [0.4, 0.5) is 0 Å². The van der Waals surface area contributed by atoms with Crippen LogP contribution in [0, 0.1) is 142 Å². The van der Waals surface area contributed by atoms with E-state index in [1.165, 1.54) is 25.8 Å². The van der Waals surface area contributed by atoms with Crippen molar-refractivity contribution in [2.24, 2.45) is 142 Å². The first-order chi connectivity index (χ1) is 23.7. The van der Waals surface area contributed by atoms with E-state index in [0.717, 1.165) is 136 Å². The van der Waals surface area contributed by atoms with E-state index in [0.29, 0.717) is 11.5 Å². The first kappa shape index (κ1) is 23.8. The Kier molecular flexibility index (Phi) is 3.26. The molecule has 1 nitrogen and oxygen atoms in total. The second-order valence-corrected chi connectivity index (χ2v) is 22.8. The van der Waals surface area contributed by atoms with Crippen LogP contribution in [0.1, 0.15) is 43.0 Å². The van der Waals surface area contributed by atoms with Gasteiger partial charge in [0, 0.05) is 23.3 Å². The summed E-state index contributed by atoms with van der Waals surface area (Å²) in [4.78, 5) is 4.66. The molecule has 18 rings (SSSR count). The van der Waals surface area contributed by atoms with Crippen LogP contribution in [0.5, 0.6) is 0 Å². The Hall–Kier alpha value is -1.64. The summed E-state index contributed by atoms with van der Waals surface area (Å²) in [7, 11) is 2.58. The summed E-state index contributed by atoms with van der Waals surface area (Å²) in [5.74, 6) is 22.5. The maximum absolute atomic E-state index is 3.14. The fourth-order valence-corrected chi connectivity index (χ4v) is 24.2. The molecule has 16 aliphatic carbocycles. The topological polar surface area (TPSA) is 3.24 Å². The lowest BCUT2D eigenvalue weighted by Gasteiger charge is -2.62. The van der Waals surface area contributed by atoms with Gasteiger partial charge < -0.3 is 0 Å². The van der Waals surface area contributed by atoms with Crippen molar-refractivity contribution in [3.63, 3.8) is 0 Å². The largest absolute Gasteiger partial charge is 0.297 e. The Morgan fingerprint density at radius 2 is 1.58 bits per heavy atom. The predicted octanol–water partition coefficient (Wildman–Crippen LogP) is 8.43. The molecule has 17 aliphatic rings. The van der Waals surface area contributed by atoms with Gasteiger partial charge in [-0.2, -0.15) is 0 Å². The van der Waals surface area contributed by atoms with Crippen molar-refractivity contribution in [1.29, 1.82) is 0 Å². The maximum atomic E-state index is 3.14. The van der Waals surface area contributed by atoms with Gasteiger partial charge in [-0.05, 0) is 191 Å². The Labute approximate surface area is 288 Å². The van der Waals surface area contributed by atoms with Crippen LogP contribution < -0.4 is 0 Å². The number of nitrogens with zero attached hydrogens (tertiary/aromatic N) is 1. The highest BCUT2D eigenvalue weighted by Gasteiger charge is 2.86. The third kappa shape index (κ3) is 1.87. The SMILES string of the molecule is CN1CC23CC4CC5C=C6CC7C=C8CC9CC%10C=C(C%11C%12=C%10C9C9C8C8C7C6=C6C7C8C9C%12C8C7C(C65)C4C2C%118)C3C1c1cccs1. The van der Waals surface area contributed by atoms with Crippen molar-refractivity contribution in [1.82, 2.24) is 4.90 Å². The van der Waals surface area contributed by atoms with Crippen molar-refractivity contribution >= 4 is 11.3 Å². The van der Waals surface area contributed by atoms with Crippen molar-refractivity contribution in [2.75, 3.05) is 13.6 Å². The molecule has 25 atom stereocenters. The highest BCUT2D eigenvalue weighted by molar-refractivity contribution is 7.10. The van der Waals surface area contributed by atoms with Crippen LogP contribution in [0.15, 0.2) is 74.8 Å². The second-order valence-electron chi connectivity index (χ2n) is 21.9. The zero-order valence-electron chi connectivity index (χ0n) is 27.9. The smallest absolute Gasteiger partial charge is 0.0510 e. The summed E-state index contributed by atoms with van der Waals surface area (Å²) in [6.07, 6.45) is 16.8. The number of thiophene rings is 1. The van der Waals surface area contributed by atoms with Crippen molar-refractivity contribution in [3.8, 4) is 0 Å². The Morgan fingerprint density at radius 3 is 2.50 bits per heavy atom. The molecule has 11 saturated carbocycles. The molecular formula is C46H45NS. The summed E-state index contributed by atoms with van der Waals surface area (Å²) >= 11 is 2.10. The van der Waals surface area contributed by atoms with Crippen LogP contribution in [0.25, 0.3) is 0 Å². The minimum atomic E-state index is 0.533. The average Bonchev–Trinajstić information content (AvgIpc) is 3.92. The Morgan fingerprint density at radius 1 is 0.729 bits per heavy atom. The van der Waals surface area contributed by atoms with Crippen LogP contribution in [-0.4, -0.2) is 18.5 Å². The third-order valence-electron chi connectivity index (χ3n) is 22.1. The van der Waals surface area contributed by atoms with Crippen molar-refractivity contribution in [3.05, 3.63) is 79.6 Å². The molecule has 1 saturated heterocycles. The lowest BCUT2D eigenvalue weighted by atomic mass is 9.42. The summed E-state index contributed by atoms with van der Waals surface area (Å²) in [6.45, 7) is 1.40. The highest BCUT2D eigenvalue weighted by atomic mass is 32.1. The molecule has 1 aromatic rings. The van der Waals surface area contributed by atoms with E-state index < -0.39 is 0 Å². The lowest BCUT2D eigenvalue weighted by Crippen LogP contribution is -2.59. The summed E-state index contributed by atoms with van der Waals surface area (Å²) in [5.41, 5.74) is 15.4. The number of hydrogen-bond donors (Lipinski definition) is 0. The average molecular weight is 644 g/mol. The molecule has 0 aromatic carbocycles. The summed E-state index contributed by atoms with van der Waals surface area (Å²) in [5, 5.41) is 2.41. The van der Waals surface area contributed by atoms with E-state index in [2.05, 4.69) is 92.5 Å². The summed E-state index contributed by atoms with van der Waals surface area (Å²) < 4.78 is 0. The van der Waals surface area contributed by atoms with Gasteiger partial charge in [-0.3, -0.25) is 4.90 Å². The van der Waals surface area contributed by atoms with Gasteiger partial charge in [0.05, 0.1) is 6.04 Å². The molecule has 0 bridgehead atoms. The van der Waals surface area contributed by atoms with E-state index >= 15 is 0 Å². The van der Waals surface area contributed by atoms with E-state index in [9.17, 15) is 0 Å². The van der Waals surface area contributed by atoms with E-state index in [4.69, 9.17) is 0 Å². The van der Waals surface area contributed by atoms with Crippen LogP contribution in [0.3, 0.4) is 0 Å². The van der Waals surface area contributed by atoms with E-state index in [1.807, 2.05) is 5.57 Å². The lowest BCUT2D eigenvalue weighted by molar-refractivity contribution is -0.139. The quantitative estimate of drug-likeness (QED) is 0.278. The standard InChI is InChI=1S/C46H45NS/c1-47-13-46-12-20-10-18-8-15-5-14-6-17-7-16-9-19-11-21(43(46)45(47)22-3-2-4-48-22)30-35-26(19)25(16)32-27(17)31-23(14)24(15)33-28(18)34-29(20)44(46)42(30)41-39(34)37(33)36(31)38(32)40(35)41/h2-4,6,8,11,14,16,18-20,23,25,27-32,34,36-45H,5,7,9-10,12-13H2,1H3. The monoisotopic (exact) mass is 643 g/mol. The van der Waals surface area contributed by atoms with Gasteiger partial charge in [-0.1, -0.05) is 52.2 Å². The molecule has 2 heteroatoms. The highest BCUT2D eigenvalue weighted by Crippen LogP contribution is 2.91. The number of rotatable bonds is 1. The van der Waals surface area contributed by atoms with Gasteiger partial charge in [-0.25, -0.2) is 0 Å². The number of likely N-dealkylation sites (tertiary alicyclic amines) is 1. The first-order valence-electron chi connectivity index (χ1n) is 21.1. The zero-order valence-corrected chi connectivity index (χ0v) is 28.7. The molecule has 240 valence electrons. The van der Waals surface area contributed by atoms with Gasteiger partial charge >= 0.3 is 0 Å². The molecule has 48 heavy (non-hydrogen) atoms. The molecule has 0 N–H and O–H groups in total. The van der Waals surface area contributed by atoms with Crippen molar-refractivity contribution in [2.45, 2.75) is 38.1 Å². The molecule has 1 aromatic heterocycles. The van der Waals surface area contributed by atoms with Gasteiger partial charge in [0.1, 0.15) is 0 Å². The van der Waals surface area contributed by atoms with E-state index in [-0.39, 0.29) is 0 Å². The molecule has 12 fully saturated rings. The van der Waals surface area contributed by atoms with Gasteiger partial charge in [0.2, 0.25) is 0 Å². The molecular weight excluding hydrogens is 599 g/mol. The summed E-state index contributed by atoms with van der Waals surface area (Å²) in [6, 6.07) is 5.56. The maximum Gasteiger partial charge on any atom is 0.0510 e. The molecule has 25 unspecified atom stereocenters. The van der Waals surface area contributed by atoms with Gasteiger partial charge in [0.15, 0.2) is 0 Å². The third-order valence-corrected chi connectivity index (χ3v) is 23.0. The number of allylic oxidation sites excluding steroid dienone is 9. The van der Waals surface area contributed by atoms with Gasteiger partial charge in [-0.15, -0.1) is 11.3 Å². The molecule has 0 amide bonds. The number of hydrogen-bond acceptors (Lipinski definition) is 2. The molecule has 1 aliphatic heterocycles. The van der Waals surface area contributed by atoms with Crippen LogP contribution in [-0.2, 0) is 0 Å². The number of fused-ring (bicyclic) bond motifs is 1. The van der Waals surface area contributed by atoms with E-state index in [1.54, 1.807) is 17.7 Å². The van der Waals surface area contributed by atoms with Crippen LogP contribution in [0.2, 0.25) is 0 Å². The molecule has 1 spiro atoms. The minimum Gasteiger partial charge on any atom is -0.297 e. The fraction of sp³-hybridized carbons (Fsp3) is 0.696. The van der Waals surface area contributed by atoms with Crippen LogP contribution >= 0.6 is 11.3 Å². The first-order valence-corrected chi connectivity index (χ1v) is 21.9.